The van der Waals surface area contributed by atoms with Crippen LogP contribution in [-0.4, -0.2) is 71.2 Å². The second kappa shape index (κ2) is 16.9. The molecule has 3 rings (SSSR count). The van der Waals surface area contributed by atoms with Crippen molar-refractivity contribution in [3.8, 4) is 0 Å². The lowest BCUT2D eigenvalue weighted by molar-refractivity contribution is -0.134. The van der Waals surface area contributed by atoms with Gasteiger partial charge in [0.05, 0.1) is 0 Å². The molecule has 0 aromatic heterocycles. The molecule has 0 aliphatic carbocycles. The van der Waals surface area contributed by atoms with Crippen molar-refractivity contribution in [3.63, 3.8) is 0 Å². The smallest absolute Gasteiger partial charge is 0.426 e. The number of nitrogens with zero attached hydrogens (tertiary/aromatic N) is 3. The molecule has 1 aliphatic heterocycles. The van der Waals surface area contributed by atoms with Crippen LogP contribution in [0, 0.1) is 0 Å². The zero-order valence-electron chi connectivity index (χ0n) is 25.7. The number of amides is 4. The summed E-state index contributed by atoms with van der Waals surface area (Å²) >= 11 is 0. The number of nitrogens with one attached hydrogen (secondary N) is 1. The number of ether oxygens (including phenoxy) is 3. The lowest BCUT2D eigenvalue weighted by atomic mass is 10.1. The third kappa shape index (κ3) is 11.6. The predicted octanol–water partition coefficient (Wildman–Crippen LogP) is 4.96. The van der Waals surface area contributed by atoms with E-state index in [1.165, 1.54) is 0 Å². The summed E-state index contributed by atoms with van der Waals surface area (Å²) in [4.78, 5) is 58.2. The topological polar surface area (TPSA) is 153 Å². The van der Waals surface area contributed by atoms with E-state index in [1.807, 2.05) is 12.1 Å². The van der Waals surface area contributed by atoms with Crippen LogP contribution in [0.25, 0.3) is 0 Å². The van der Waals surface area contributed by atoms with Crippen molar-refractivity contribution in [3.05, 3.63) is 71.8 Å². The van der Waals surface area contributed by atoms with Gasteiger partial charge in [-0.05, 0) is 64.0 Å². The Morgan fingerprint density at radius 1 is 0.886 bits per heavy atom. The van der Waals surface area contributed by atoms with Crippen LogP contribution in [0.15, 0.2) is 65.7 Å². The van der Waals surface area contributed by atoms with Gasteiger partial charge in [0.15, 0.2) is 0 Å². The van der Waals surface area contributed by atoms with Crippen molar-refractivity contribution >= 4 is 30.1 Å². The van der Waals surface area contributed by atoms with Crippen LogP contribution < -0.4 is 11.1 Å². The first-order valence-corrected chi connectivity index (χ1v) is 14.8. The lowest BCUT2D eigenvalue weighted by Crippen LogP contribution is -2.51. The number of benzene rings is 2. The number of carbonyl (C=O) groups excluding carboxylic acids is 4. The second-order valence-corrected chi connectivity index (χ2v) is 11.4. The SMILES string of the molecule is CC(C)(C)OC(=O)N[C@@H](CCCN=C(N)N(C(=O)OCc1ccccc1)C(=O)OCc1ccccc1)C(=O)N1CCCCC1. The zero-order valence-corrected chi connectivity index (χ0v) is 25.7. The number of guanidine groups is 1. The standard InChI is InChI=1S/C32H43N5O7/c1-32(2,3)44-29(39)35-26(27(38)36-20-11-6-12-21-36)18-13-19-34-28(33)37(30(40)42-22-24-14-7-4-8-15-24)31(41)43-23-25-16-9-5-10-17-25/h4-5,7-10,14-17,26H,6,11-13,18-23H2,1-3H3,(H2,33,34)(H,35,39)/t26-/m0/s1. The maximum Gasteiger partial charge on any atom is 0.426 e. The number of rotatable bonds is 10. The minimum Gasteiger partial charge on any atom is -0.444 e. The fourth-order valence-corrected chi connectivity index (χ4v) is 4.43. The molecule has 1 heterocycles. The highest BCUT2D eigenvalue weighted by molar-refractivity contribution is 6.07. The molecule has 12 nitrogen and oxygen atoms in total. The Bertz CT molecular complexity index is 1200. The molecule has 4 amide bonds. The molecular weight excluding hydrogens is 566 g/mol. The lowest BCUT2D eigenvalue weighted by Gasteiger charge is -2.31. The fraction of sp³-hybridized carbons (Fsp3) is 0.469. The normalized spacial score (nSPS) is 14.2. The van der Waals surface area contributed by atoms with E-state index < -0.39 is 35.9 Å². The summed E-state index contributed by atoms with van der Waals surface area (Å²) in [7, 11) is 0. The minimum absolute atomic E-state index is 0.0556. The van der Waals surface area contributed by atoms with E-state index in [9.17, 15) is 19.2 Å². The van der Waals surface area contributed by atoms with E-state index >= 15 is 0 Å². The number of alkyl carbamates (subject to hydrolysis) is 1. The zero-order chi connectivity index (χ0) is 32.0. The van der Waals surface area contributed by atoms with Gasteiger partial charge < -0.3 is 30.2 Å². The van der Waals surface area contributed by atoms with Crippen LogP contribution >= 0.6 is 0 Å². The number of hydrogen-bond donors (Lipinski definition) is 2. The third-order valence-corrected chi connectivity index (χ3v) is 6.59. The number of nitrogens with two attached hydrogens (primary N) is 1. The molecular formula is C32H43N5O7. The summed E-state index contributed by atoms with van der Waals surface area (Å²) in [6.07, 6.45) is 0.639. The number of likely N-dealkylation sites (tertiary alicyclic amines) is 1. The van der Waals surface area contributed by atoms with E-state index in [2.05, 4.69) is 10.3 Å². The van der Waals surface area contributed by atoms with Gasteiger partial charge in [-0.3, -0.25) is 9.79 Å². The van der Waals surface area contributed by atoms with Gasteiger partial charge in [0, 0.05) is 19.6 Å². The molecule has 0 bridgehead atoms. The highest BCUT2D eigenvalue weighted by Gasteiger charge is 2.30. The van der Waals surface area contributed by atoms with Gasteiger partial charge in [-0.1, -0.05) is 60.7 Å². The van der Waals surface area contributed by atoms with Crippen LogP contribution in [0.4, 0.5) is 14.4 Å². The quantitative estimate of drug-likeness (QED) is 0.166. The van der Waals surface area contributed by atoms with Gasteiger partial charge in [-0.15, -0.1) is 4.90 Å². The molecule has 1 atom stereocenters. The maximum absolute atomic E-state index is 13.3. The Labute approximate surface area is 258 Å². The summed E-state index contributed by atoms with van der Waals surface area (Å²) in [5.41, 5.74) is 6.82. The van der Waals surface area contributed by atoms with E-state index in [0.29, 0.717) is 24.4 Å². The van der Waals surface area contributed by atoms with Gasteiger partial charge in [-0.2, -0.15) is 0 Å². The molecule has 1 fully saturated rings. The van der Waals surface area contributed by atoms with Gasteiger partial charge in [0.25, 0.3) is 0 Å². The Hall–Kier alpha value is -4.61. The van der Waals surface area contributed by atoms with E-state index in [-0.39, 0.29) is 32.1 Å². The number of piperidine rings is 1. The molecule has 2 aromatic rings. The van der Waals surface area contributed by atoms with Crippen LogP contribution in [0.3, 0.4) is 0 Å². The van der Waals surface area contributed by atoms with Crippen molar-refractivity contribution < 1.29 is 33.4 Å². The van der Waals surface area contributed by atoms with Crippen LogP contribution in [0.2, 0.25) is 0 Å². The highest BCUT2D eigenvalue weighted by atomic mass is 16.6. The summed E-state index contributed by atoms with van der Waals surface area (Å²) in [5.74, 6) is -0.608. The highest BCUT2D eigenvalue weighted by Crippen LogP contribution is 2.14. The first-order valence-electron chi connectivity index (χ1n) is 14.8. The van der Waals surface area contributed by atoms with E-state index in [1.54, 1.807) is 74.2 Å². The molecule has 0 spiro atoms. The van der Waals surface area contributed by atoms with Crippen molar-refractivity contribution in [2.24, 2.45) is 10.7 Å². The molecule has 3 N–H and O–H groups in total. The molecule has 0 saturated carbocycles. The molecule has 0 unspecified atom stereocenters. The fourth-order valence-electron chi connectivity index (χ4n) is 4.43. The summed E-state index contributed by atoms with van der Waals surface area (Å²) in [5, 5.41) is 2.69. The summed E-state index contributed by atoms with van der Waals surface area (Å²) in [6, 6.07) is 17.1. The first-order chi connectivity index (χ1) is 21.0. The monoisotopic (exact) mass is 609 g/mol. The number of hydrogen-bond acceptors (Lipinski definition) is 8. The molecule has 238 valence electrons. The molecule has 0 radical (unpaired) electrons. The average Bonchev–Trinajstić information content (AvgIpc) is 3.00. The average molecular weight is 610 g/mol. The van der Waals surface area contributed by atoms with Gasteiger partial charge in [0.1, 0.15) is 24.9 Å². The number of aliphatic imine (C=N–C) groups is 1. The summed E-state index contributed by atoms with van der Waals surface area (Å²) < 4.78 is 16.0. The molecule has 1 aliphatic rings. The Morgan fingerprint density at radius 3 is 1.91 bits per heavy atom. The maximum atomic E-state index is 13.3. The predicted molar refractivity (Wildman–Crippen MR) is 164 cm³/mol. The molecule has 2 aromatic carbocycles. The van der Waals surface area contributed by atoms with Gasteiger partial charge in [-0.25, -0.2) is 14.4 Å². The number of carbonyl (C=O) groups is 4. The molecule has 1 saturated heterocycles. The largest absolute Gasteiger partial charge is 0.444 e. The first kappa shape index (κ1) is 33.9. The Morgan fingerprint density at radius 2 is 1.41 bits per heavy atom. The van der Waals surface area contributed by atoms with Gasteiger partial charge >= 0.3 is 18.3 Å². The number of imide groups is 1. The minimum atomic E-state index is -1.04. The van der Waals surface area contributed by atoms with Crippen LogP contribution in [0.5, 0.6) is 0 Å². The van der Waals surface area contributed by atoms with E-state index in [0.717, 1.165) is 30.4 Å². The van der Waals surface area contributed by atoms with Crippen molar-refractivity contribution in [1.82, 2.24) is 15.1 Å². The van der Waals surface area contributed by atoms with Crippen molar-refractivity contribution in [2.45, 2.75) is 77.7 Å². The van der Waals surface area contributed by atoms with Gasteiger partial charge in [0.2, 0.25) is 11.9 Å². The van der Waals surface area contributed by atoms with Crippen molar-refractivity contribution in [1.29, 1.82) is 0 Å². The summed E-state index contributed by atoms with van der Waals surface area (Å²) in [6.45, 7) is 6.36. The van der Waals surface area contributed by atoms with Crippen molar-refractivity contribution in [2.75, 3.05) is 19.6 Å². The Kier molecular flexibility index (Phi) is 13.0. The molecule has 44 heavy (non-hydrogen) atoms. The van der Waals surface area contributed by atoms with Crippen LogP contribution in [-0.2, 0) is 32.2 Å². The van der Waals surface area contributed by atoms with Crippen LogP contribution in [0.1, 0.15) is 64.0 Å². The second-order valence-electron chi connectivity index (χ2n) is 11.4. The third-order valence-electron chi connectivity index (χ3n) is 6.59. The Balaban J connectivity index is 1.66. The van der Waals surface area contributed by atoms with E-state index in [4.69, 9.17) is 19.9 Å². The molecule has 12 heteroatoms.